The third-order valence-corrected chi connectivity index (χ3v) is 4.76. The predicted octanol–water partition coefficient (Wildman–Crippen LogP) is 2.51. The van der Waals surface area contributed by atoms with Crippen molar-refractivity contribution in [2.45, 2.75) is 57.6 Å². The number of aryl methyl sites for hydroxylation is 1. The van der Waals surface area contributed by atoms with Gasteiger partial charge in [-0.05, 0) is 31.6 Å². The molecule has 1 saturated heterocycles. The van der Waals surface area contributed by atoms with Gasteiger partial charge in [-0.25, -0.2) is 14.4 Å². The summed E-state index contributed by atoms with van der Waals surface area (Å²) in [5.41, 5.74) is 7.60. The number of hydrogen-bond donors (Lipinski definition) is 2. The highest BCUT2D eigenvalue weighted by Gasteiger charge is 2.23. The Bertz CT molecular complexity index is 730. The SMILES string of the molecule is C[C@H]1CCCCn2ncc(-c3nc(N)ncc3F)c21.OC1CCCOC1. The van der Waals surface area contributed by atoms with Crippen LogP contribution in [0.1, 0.15) is 50.6 Å². The number of nitrogen functional groups attached to an aromatic ring is 1. The van der Waals surface area contributed by atoms with Gasteiger partial charge in [0.15, 0.2) is 5.82 Å². The first-order valence-corrected chi connectivity index (χ1v) is 9.16. The van der Waals surface area contributed by atoms with E-state index in [4.69, 9.17) is 15.6 Å². The monoisotopic (exact) mass is 363 g/mol. The summed E-state index contributed by atoms with van der Waals surface area (Å²) in [5.74, 6) is -0.0327. The van der Waals surface area contributed by atoms with E-state index in [1.54, 1.807) is 6.20 Å². The Hall–Kier alpha value is -2.06. The highest BCUT2D eigenvalue weighted by atomic mass is 19.1. The summed E-state index contributed by atoms with van der Waals surface area (Å²) < 4.78 is 20.8. The third-order valence-electron chi connectivity index (χ3n) is 4.76. The lowest BCUT2D eigenvalue weighted by Gasteiger charge is -2.15. The van der Waals surface area contributed by atoms with E-state index in [1.807, 2.05) is 4.68 Å². The summed E-state index contributed by atoms with van der Waals surface area (Å²) in [6, 6.07) is 0. The van der Waals surface area contributed by atoms with Crippen molar-refractivity contribution in [3.8, 4) is 11.3 Å². The maximum Gasteiger partial charge on any atom is 0.220 e. The largest absolute Gasteiger partial charge is 0.391 e. The number of aliphatic hydroxyl groups excluding tert-OH is 1. The lowest BCUT2D eigenvalue weighted by atomic mass is 9.97. The molecule has 0 saturated carbocycles. The van der Waals surface area contributed by atoms with Crippen LogP contribution in [0.3, 0.4) is 0 Å². The van der Waals surface area contributed by atoms with Gasteiger partial charge in [-0.1, -0.05) is 13.3 Å². The third kappa shape index (κ3) is 4.37. The summed E-state index contributed by atoms with van der Waals surface area (Å²) in [5, 5.41) is 13.1. The molecule has 4 rings (SSSR count). The van der Waals surface area contributed by atoms with Crippen LogP contribution in [0.15, 0.2) is 12.4 Å². The van der Waals surface area contributed by atoms with Crippen LogP contribution >= 0.6 is 0 Å². The van der Waals surface area contributed by atoms with Crippen molar-refractivity contribution in [1.29, 1.82) is 0 Å². The first-order valence-electron chi connectivity index (χ1n) is 9.16. The van der Waals surface area contributed by atoms with Crippen LogP contribution in [0, 0.1) is 5.82 Å². The summed E-state index contributed by atoms with van der Waals surface area (Å²) >= 11 is 0. The number of halogens is 1. The number of rotatable bonds is 1. The van der Waals surface area contributed by atoms with Crippen LogP contribution in [-0.4, -0.2) is 44.2 Å². The molecule has 2 aliphatic heterocycles. The molecule has 2 aromatic heterocycles. The Labute approximate surface area is 152 Å². The van der Waals surface area contributed by atoms with E-state index in [-0.39, 0.29) is 17.7 Å². The number of ether oxygens (including phenoxy) is 1. The molecular weight excluding hydrogens is 337 g/mol. The van der Waals surface area contributed by atoms with Gasteiger partial charge in [0.2, 0.25) is 5.95 Å². The lowest BCUT2D eigenvalue weighted by Crippen LogP contribution is -2.21. The maximum absolute atomic E-state index is 13.9. The molecule has 0 radical (unpaired) electrons. The molecule has 0 amide bonds. The van der Waals surface area contributed by atoms with E-state index < -0.39 is 5.82 Å². The average Bonchev–Trinajstić information content (AvgIpc) is 2.97. The fourth-order valence-corrected chi connectivity index (χ4v) is 3.42. The topological polar surface area (TPSA) is 99.1 Å². The molecule has 26 heavy (non-hydrogen) atoms. The first kappa shape index (κ1) is 18.7. The molecule has 2 atom stereocenters. The zero-order valence-electron chi connectivity index (χ0n) is 15.1. The lowest BCUT2D eigenvalue weighted by molar-refractivity contribution is -0.00535. The van der Waals surface area contributed by atoms with Gasteiger partial charge < -0.3 is 15.6 Å². The van der Waals surface area contributed by atoms with Crippen LogP contribution in [-0.2, 0) is 11.3 Å². The Balaban J connectivity index is 0.000000236. The molecule has 142 valence electrons. The van der Waals surface area contributed by atoms with E-state index in [1.165, 1.54) is 6.42 Å². The maximum atomic E-state index is 13.9. The van der Waals surface area contributed by atoms with Crippen molar-refractivity contribution in [3.63, 3.8) is 0 Å². The number of aliphatic hydroxyl groups is 1. The number of anilines is 1. The molecule has 0 spiro atoms. The van der Waals surface area contributed by atoms with Gasteiger partial charge in [0, 0.05) is 18.7 Å². The number of hydrogen-bond acceptors (Lipinski definition) is 6. The summed E-state index contributed by atoms with van der Waals surface area (Å²) in [6.07, 6.45) is 7.90. The minimum absolute atomic E-state index is 0.0811. The van der Waals surface area contributed by atoms with Gasteiger partial charge in [0.05, 0.1) is 30.8 Å². The number of aromatic nitrogens is 4. The van der Waals surface area contributed by atoms with Crippen molar-refractivity contribution in [3.05, 3.63) is 23.9 Å². The molecule has 3 N–H and O–H groups in total. The molecule has 7 nitrogen and oxygen atoms in total. The molecule has 8 heteroatoms. The van der Waals surface area contributed by atoms with Crippen molar-refractivity contribution in [2.75, 3.05) is 18.9 Å². The molecule has 1 unspecified atom stereocenters. The Morgan fingerprint density at radius 1 is 1.27 bits per heavy atom. The fourth-order valence-electron chi connectivity index (χ4n) is 3.42. The van der Waals surface area contributed by atoms with Crippen molar-refractivity contribution in [1.82, 2.24) is 19.7 Å². The quantitative estimate of drug-likeness (QED) is 0.808. The molecule has 4 heterocycles. The van der Waals surface area contributed by atoms with Crippen LogP contribution < -0.4 is 5.73 Å². The van der Waals surface area contributed by atoms with Gasteiger partial charge in [-0.15, -0.1) is 0 Å². The molecule has 0 aliphatic carbocycles. The summed E-state index contributed by atoms with van der Waals surface area (Å²) in [4.78, 5) is 7.69. The number of nitrogens with zero attached hydrogens (tertiary/aromatic N) is 4. The highest BCUT2D eigenvalue weighted by Crippen LogP contribution is 2.34. The summed E-state index contributed by atoms with van der Waals surface area (Å²) in [6.45, 7) is 4.39. The average molecular weight is 363 g/mol. The molecular formula is C18H26FN5O2. The normalized spacial score (nSPS) is 22.7. The van der Waals surface area contributed by atoms with Crippen LogP contribution in [0.25, 0.3) is 11.3 Å². The van der Waals surface area contributed by atoms with Crippen LogP contribution in [0.4, 0.5) is 10.3 Å². The van der Waals surface area contributed by atoms with Crippen molar-refractivity contribution < 1.29 is 14.2 Å². The van der Waals surface area contributed by atoms with E-state index >= 15 is 0 Å². The van der Waals surface area contributed by atoms with Gasteiger partial charge in [0.25, 0.3) is 0 Å². The number of fused-ring (bicyclic) bond motifs is 1. The zero-order valence-corrected chi connectivity index (χ0v) is 15.1. The van der Waals surface area contributed by atoms with Crippen LogP contribution in [0.5, 0.6) is 0 Å². The second kappa shape index (κ2) is 8.55. The Morgan fingerprint density at radius 2 is 2.12 bits per heavy atom. The van der Waals surface area contributed by atoms with Gasteiger partial charge in [-0.2, -0.15) is 5.10 Å². The molecule has 2 aliphatic rings. The van der Waals surface area contributed by atoms with Crippen molar-refractivity contribution in [2.24, 2.45) is 0 Å². The van der Waals surface area contributed by atoms with Gasteiger partial charge in [0.1, 0.15) is 5.69 Å². The fraction of sp³-hybridized carbons (Fsp3) is 0.611. The second-order valence-electron chi connectivity index (χ2n) is 6.86. The molecule has 2 aromatic rings. The minimum Gasteiger partial charge on any atom is -0.391 e. The predicted molar refractivity (Wildman–Crippen MR) is 95.9 cm³/mol. The molecule has 0 aromatic carbocycles. The van der Waals surface area contributed by atoms with E-state index in [0.717, 1.165) is 56.3 Å². The Morgan fingerprint density at radius 3 is 2.81 bits per heavy atom. The zero-order chi connectivity index (χ0) is 18.5. The first-order chi connectivity index (χ1) is 12.6. The van der Waals surface area contributed by atoms with Crippen molar-refractivity contribution >= 4 is 5.95 Å². The minimum atomic E-state index is -0.457. The molecule has 0 bridgehead atoms. The van der Waals surface area contributed by atoms with Gasteiger partial charge in [-0.3, -0.25) is 4.68 Å². The smallest absolute Gasteiger partial charge is 0.220 e. The molecule has 1 fully saturated rings. The van der Waals surface area contributed by atoms with Gasteiger partial charge >= 0.3 is 0 Å². The van der Waals surface area contributed by atoms with Crippen LogP contribution in [0.2, 0.25) is 0 Å². The summed E-state index contributed by atoms with van der Waals surface area (Å²) in [7, 11) is 0. The standard InChI is InChI=1S/C13H16FN5.C5H10O2/c1-8-4-2-3-5-19-12(8)9(6-17-19)11-10(14)7-16-13(15)18-11;6-5-2-1-3-7-4-5/h6-8H,2-5H2,1H3,(H2,15,16,18);5-6H,1-4H2/t8-;/m0./s1. The van der Waals surface area contributed by atoms with E-state index in [9.17, 15) is 4.39 Å². The van der Waals surface area contributed by atoms with E-state index in [0.29, 0.717) is 12.5 Å². The van der Waals surface area contributed by atoms with E-state index in [2.05, 4.69) is 22.0 Å². The highest BCUT2D eigenvalue weighted by molar-refractivity contribution is 5.63. The second-order valence-corrected chi connectivity index (χ2v) is 6.86. The Kier molecular flexibility index (Phi) is 6.16. The number of nitrogens with two attached hydrogens (primary N) is 1.